The number of halogens is 1. The van der Waals surface area contributed by atoms with Crippen molar-refractivity contribution in [2.45, 2.75) is 26.2 Å². The van der Waals surface area contributed by atoms with Gasteiger partial charge in [0.1, 0.15) is 5.82 Å². The molecule has 0 amide bonds. The van der Waals surface area contributed by atoms with Gasteiger partial charge in [-0.2, -0.15) is 4.31 Å². The topological polar surface area (TPSA) is 80.5 Å². The van der Waals surface area contributed by atoms with Crippen LogP contribution in [0.1, 0.15) is 31.7 Å². The lowest BCUT2D eigenvalue weighted by Gasteiger charge is -2.31. The molecular weight excluding hydrogens is 323 g/mol. The van der Waals surface area contributed by atoms with Crippen LogP contribution >= 0.6 is 0 Å². The first-order chi connectivity index (χ1) is 10.8. The maximum atomic E-state index is 14.0. The minimum absolute atomic E-state index is 0.0675. The van der Waals surface area contributed by atoms with Crippen molar-refractivity contribution >= 4 is 15.7 Å². The summed E-state index contributed by atoms with van der Waals surface area (Å²) < 4.78 is 39.0. The molecule has 1 aliphatic heterocycles. The molecule has 1 saturated heterocycles. The van der Waals surface area contributed by atoms with Gasteiger partial charge in [0, 0.05) is 25.1 Å². The summed E-state index contributed by atoms with van der Waals surface area (Å²) in [4.78, 5) is 9.94. The minimum atomic E-state index is -3.33. The molecule has 1 aliphatic rings. The lowest BCUT2D eigenvalue weighted by Crippen LogP contribution is -2.41. The predicted molar refractivity (Wildman–Crippen MR) is 87.3 cm³/mol. The average Bonchev–Trinajstić information content (AvgIpc) is 2.51. The maximum absolute atomic E-state index is 14.0. The fourth-order valence-corrected chi connectivity index (χ4v) is 4.00. The summed E-state index contributed by atoms with van der Waals surface area (Å²) in [5, 5.41) is 10.6. The Morgan fingerprint density at radius 3 is 2.65 bits per heavy atom. The van der Waals surface area contributed by atoms with Crippen LogP contribution in [0.25, 0.3) is 0 Å². The van der Waals surface area contributed by atoms with Crippen molar-refractivity contribution in [1.29, 1.82) is 0 Å². The van der Waals surface area contributed by atoms with Crippen LogP contribution < -0.4 is 0 Å². The summed E-state index contributed by atoms with van der Waals surface area (Å²) in [5.74, 6) is -1.05. The molecule has 0 aliphatic carbocycles. The van der Waals surface area contributed by atoms with E-state index in [0.29, 0.717) is 12.0 Å². The second kappa shape index (κ2) is 8.16. The van der Waals surface area contributed by atoms with Crippen molar-refractivity contribution in [3.63, 3.8) is 0 Å². The first-order valence-corrected chi connectivity index (χ1v) is 8.98. The van der Waals surface area contributed by atoms with Crippen LogP contribution in [0.2, 0.25) is 0 Å². The highest BCUT2D eigenvalue weighted by atomic mass is 32.2. The van der Waals surface area contributed by atoms with E-state index in [4.69, 9.17) is 0 Å². The van der Waals surface area contributed by atoms with Gasteiger partial charge in [0.2, 0.25) is 10.0 Å². The van der Waals surface area contributed by atoms with Gasteiger partial charge in [-0.25, -0.2) is 12.8 Å². The largest absolute Gasteiger partial charge is 0.272 e. The van der Waals surface area contributed by atoms with E-state index in [9.17, 15) is 22.9 Å². The van der Waals surface area contributed by atoms with E-state index < -0.39 is 20.8 Å². The lowest BCUT2D eigenvalue weighted by molar-refractivity contribution is -0.385. The van der Waals surface area contributed by atoms with Gasteiger partial charge in [-0.3, -0.25) is 10.1 Å². The van der Waals surface area contributed by atoms with Crippen molar-refractivity contribution in [2.24, 2.45) is 0 Å². The molecular formula is C15H21FN2O4S. The molecule has 0 bridgehead atoms. The molecule has 1 heterocycles. The zero-order chi connectivity index (χ0) is 17.6. The third kappa shape index (κ3) is 4.59. The fraction of sp³-hybridized carbons (Fsp3) is 0.467. The molecule has 1 fully saturated rings. The molecule has 1 aromatic rings. The Hall–Kier alpha value is -1.80. The maximum Gasteiger partial charge on any atom is 0.272 e. The summed E-state index contributed by atoms with van der Waals surface area (Å²) in [6.45, 7) is 7.84. The Balaban J connectivity index is 0.00000127. The summed E-state index contributed by atoms with van der Waals surface area (Å²) in [7, 11) is -3.33. The van der Waals surface area contributed by atoms with Crippen LogP contribution in [-0.2, 0) is 10.0 Å². The highest BCUT2D eigenvalue weighted by Crippen LogP contribution is 2.31. The minimum Gasteiger partial charge on any atom is -0.258 e. The van der Waals surface area contributed by atoms with E-state index in [0.717, 1.165) is 6.07 Å². The lowest BCUT2D eigenvalue weighted by atomic mass is 9.95. The standard InChI is InChI=1S/C13H15FN2O4S.C2H6/c1-2-6-15-9-10(5-7-21(15,19)20)12-4-3-11(16(17)18)8-13(12)14;1-2/h2-4,8,10H,1,5-7,9H2;1-2H3. The van der Waals surface area contributed by atoms with Crippen molar-refractivity contribution in [1.82, 2.24) is 4.31 Å². The van der Waals surface area contributed by atoms with Gasteiger partial charge < -0.3 is 0 Å². The molecule has 0 aromatic heterocycles. The van der Waals surface area contributed by atoms with Crippen molar-refractivity contribution in [2.75, 3.05) is 18.8 Å². The first-order valence-electron chi connectivity index (χ1n) is 7.37. The molecule has 0 radical (unpaired) electrons. The van der Waals surface area contributed by atoms with Gasteiger partial charge in [-0.05, 0) is 18.1 Å². The summed E-state index contributed by atoms with van der Waals surface area (Å²) in [6.07, 6.45) is 1.77. The molecule has 8 heteroatoms. The van der Waals surface area contributed by atoms with Crippen molar-refractivity contribution in [3.05, 3.63) is 52.3 Å². The molecule has 23 heavy (non-hydrogen) atoms. The highest BCUT2D eigenvalue weighted by molar-refractivity contribution is 7.89. The summed E-state index contributed by atoms with van der Waals surface area (Å²) >= 11 is 0. The zero-order valence-electron chi connectivity index (χ0n) is 13.2. The number of hydrogen-bond donors (Lipinski definition) is 0. The van der Waals surface area contributed by atoms with Crippen LogP contribution in [-0.4, -0.2) is 36.5 Å². The van der Waals surface area contributed by atoms with E-state index in [1.807, 2.05) is 13.8 Å². The monoisotopic (exact) mass is 344 g/mol. The van der Waals surface area contributed by atoms with Gasteiger partial charge in [-0.1, -0.05) is 19.9 Å². The highest BCUT2D eigenvalue weighted by Gasteiger charge is 2.32. The normalized spacial score (nSPS) is 20.2. The van der Waals surface area contributed by atoms with Crippen LogP contribution in [0.3, 0.4) is 0 Å². The quantitative estimate of drug-likeness (QED) is 0.477. The van der Waals surface area contributed by atoms with Gasteiger partial charge in [0.05, 0.1) is 16.7 Å². The number of non-ortho nitro benzene ring substituents is 1. The summed E-state index contributed by atoms with van der Waals surface area (Å²) in [5.41, 5.74) is -0.00723. The molecule has 2 rings (SSSR count). The van der Waals surface area contributed by atoms with Gasteiger partial charge in [-0.15, -0.1) is 6.58 Å². The van der Waals surface area contributed by atoms with Gasteiger partial charge in [0.15, 0.2) is 0 Å². The molecule has 1 atom stereocenters. The Labute approximate surface area is 135 Å². The smallest absolute Gasteiger partial charge is 0.258 e. The van der Waals surface area contributed by atoms with E-state index in [1.54, 1.807) is 0 Å². The van der Waals surface area contributed by atoms with E-state index >= 15 is 0 Å². The number of rotatable bonds is 4. The number of nitrogens with zero attached hydrogens (tertiary/aromatic N) is 2. The number of nitro groups is 1. The second-order valence-electron chi connectivity index (χ2n) is 4.87. The number of hydrogen-bond acceptors (Lipinski definition) is 4. The Morgan fingerprint density at radius 1 is 1.48 bits per heavy atom. The Kier molecular flexibility index (Phi) is 6.83. The third-order valence-corrected chi connectivity index (χ3v) is 5.35. The molecule has 0 N–H and O–H groups in total. The summed E-state index contributed by atoms with van der Waals surface area (Å²) in [6, 6.07) is 3.47. The average molecular weight is 344 g/mol. The zero-order valence-corrected chi connectivity index (χ0v) is 14.1. The van der Waals surface area contributed by atoms with E-state index in [2.05, 4.69) is 6.58 Å². The van der Waals surface area contributed by atoms with Gasteiger partial charge in [0.25, 0.3) is 5.69 Å². The predicted octanol–water partition coefficient (Wildman–Crippen LogP) is 3.07. The third-order valence-electron chi connectivity index (χ3n) is 3.51. The Bertz CT molecular complexity index is 676. The van der Waals surface area contributed by atoms with Gasteiger partial charge >= 0.3 is 0 Å². The molecule has 1 aromatic carbocycles. The molecule has 128 valence electrons. The van der Waals surface area contributed by atoms with E-state index in [-0.39, 0.29) is 30.4 Å². The SMILES string of the molecule is C=CCN1CC(c2ccc([N+](=O)[O-])cc2F)CCS1(=O)=O.CC. The van der Waals surface area contributed by atoms with Crippen LogP contribution in [0.4, 0.5) is 10.1 Å². The van der Waals surface area contributed by atoms with Crippen LogP contribution in [0.15, 0.2) is 30.9 Å². The fourth-order valence-electron chi connectivity index (χ4n) is 2.42. The van der Waals surface area contributed by atoms with Crippen molar-refractivity contribution in [3.8, 4) is 0 Å². The number of nitro benzene ring substituents is 1. The number of benzene rings is 1. The second-order valence-corrected chi connectivity index (χ2v) is 6.96. The van der Waals surface area contributed by atoms with E-state index in [1.165, 1.54) is 22.5 Å². The van der Waals surface area contributed by atoms with Crippen LogP contribution in [0, 0.1) is 15.9 Å². The number of sulfonamides is 1. The first kappa shape index (κ1) is 19.2. The molecule has 0 saturated carbocycles. The molecule has 6 nitrogen and oxygen atoms in total. The van der Waals surface area contributed by atoms with Crippen molar-refractivity contribution < 1.29 is 17.7 Å². The molecule has 1 unspecified atom stereocenters. The molecule has 0 spiro atoms. The Morgan fingerprint density at radius 2 is 2.13 bits per heavy atom. The van der Waals surface area contributed by atoms with Crippen LogP contribution in [0.5, 0.6) is 0 Å².